The third-order valence-corrected chi connectivity index (χ3v) is 0.167. The van der Waals surface area contributed by atoms with Crippen molar-refractivity contribution in [2.75, 3.05) is 0 Å². The first-order chi connectivity index (χ1) is 2.64. The minimum absolute atomic E-state index is 0. The summed E-state index contributed by atoms with van der Waals surface area (Å²) in [6, 6.07) is 0. The van der Waals surface area contributed by atoms with E-state index in [0.717, 1.165) is 0 Å². The van der Waals surface area contributed by atoms with Crippen molar-refractivity contribution >= 4 is 11.9 Å². The topological polar surface area (TPSA) is 112 Å². The van der Waals surface area contributed by atoms with E-state index in [1.807, 2.05) is 0 Å². The van der Waals surface area contributed by atoms with E-state index in [2.05, 4.69) is 0 Å². The van der Waals surface area contributed by atoms with Gasteiger partial charge >= 0.3 is 21.1 Å². The summed E-state index contributed by atoms with van der Waals surface area (Å²) in [7, 11) is 0. The Kier molecular flexibility index (Phi) is 12.9. The number of carbonyl (C=O) groups is 2. The van der Waals surface area contributed by atoms with Crippen LogP contribution >= 0.6 is 0 Å². The third-order valence-electron chi connectivity index (χ3n) is 0.167. The minimum Gasteiger partial charge on any atom is -0.543 e. The number of hydrogen-bond donors (Lipinski definition) is 0. The van der Waals surface area contributed by atoms with Gasteiger partial charge in [-0.2, -0.15) is 0 Å². The van der Waals surface area contributed by atoms with Gasteiger partial charge in [-0.25, -0.2) is 0 Å². The SMILES string of the molecule is O.O=C([O-])C(=O)[O-].[Mo+2]. The van der Waals surface area contributed by atoms with Crippen LogP contribution in [0.1, 0.15) is 0 Å². The van der Waals surface area contributed by atoms with E-state index in [4.69, 9.17) is 19.8 Å². The number of carboxylic acid groups (broad SMARTS) is 2. The molecule has 0 spiro atoms. The molecule has 6 heteroatoms. The van der Waals surface area contributed by atoms with Crippen molar-refractivity contribution in [2.24, 2.45) is 0 Å². The molecule has 0 heterocycles. The van der Waals surface area contributed by atoms with Gasteiger partial charge in [0.05, 0.1) is 11.9 Å². The molecule has 46 valence electrons. The Hall–Kier alpha value is -0.412. The summed E-state index contributed by atoms with van der Waals surface area (Å²) in [6.07, 6.45) is 0. The molecule has 0 aliphatic heterocycles. The normalized spacial score (nSPS) is 5.50. The predicted octanol–water partition coefficient (Wildman–Crippen LogP) is -4.34. The summed E-state index contributed by atoms with van der Waals surface area (Å²) in [5.41, 5.74) is 0. The van der Waals surface area contributed by atoms with Crippen molar-refractivity contribution in [3.05, 3.63) is 0 Å². The van der Waals surface area contributed by atoms with Gasteiger partial charge in [0.15, 0.2) is 0 Å². The summed E-state index contributed by atoms with van der Waals surface area (Å²) in [5, 5.41) is 17.9. The largest absolute Gasteiger partial charge is 2.00 e. The van der Waals surface area contributed by atoms with E-state index in [-0.39, 0.29) is 26.5 Å². The monoisotopic (exact) mass is 204 g/mol. The molecule has 8 heavy (non-hydrogen) atoms. The Morgan fingerprint density at radius 2 is 1.12 bits per heavy atom. The quantitative estimate of drug-likeness (QED) is 0.292. The molecule has 0 radical (unpaired) electrons. The molecule has 0 rings (SSSR count). The molecule has 0 aromatic rings. The zero-order valence-electron chi connectivity index (χ0n) is 3.54. The van der Waals surface area contributed by atoms with Crippen LogP contribution in [0.25, 0.3) is 0 Å². The number of aliphatic carboxylic acids is 2. The number of carbonyl (C=O) groups excluding carboxylic acids is 2. The van der Waals surface area contributed by atoms with Crippen LogP contribution in [0.3, 0.4) is 0 Å². The molecular weight excluding hydrogens is 200 g/mol. The fourth-order valence-corrected chi connectivity index (χ4v) is 0. The van der Waals surface area contributed by atoms with E-state index >= 15 is 0 Å². The maximum Gasteiger partial charge on any atom is 2.00 e. The molecule has 0 saturated carbocycles. The Balaban J connectivity index is -0.000000125. The first-order valence-electron chi connectivity index (χ1n) is 1.07. The standard InChI is InChI=1S/C2H2O4.Mo.H2O/c3-1(4)2(5)6;;/h(H,3,4)(H,5,6);;1H2/q;+2;/p-2. The van der Waals surface area contributed by atoms with Gasteiger partial charge in [-0.05, 0) is 0 Å². The van der Waals surface area contributed by atoms with Crippen molar-refractivity contribution in [1.82, 2.24) is 0 Å². The van der Waals surface area contributed by atoms with Gasteiger partial charge in [0.1, 0.15) is 0 Å². The van der Waals surface area contributed by atoms with Crippen LogP contribution in [-0.2, 0) is 30.7 Å². The maximum absolute atomic E-state index is 8.93. The Morgan fingerprint density at radius 3 is 1.12 bits per heavy atom. The maximum atomic E-state index is 8.93. The van der Waals surface area contributed by atoms with Crippen LogP contribution in [-0.4, -0.2) is 17.4 Å². The first kappa shape index (κ1) is 15.6. The van der Waals surface area contributed by atoms with Crippen molar-refractivity contribution in [3.8, 4) is 0 Å². The smallest absolute Gasteiger partial charge is 0.543 e. The second-order valence-electron chi connectivity index (χ2n) is 0.575. The number of hydrogen-bond acceptors (Lipinski definition) is 4. The average Bonchev–Trinajstić information content (AvgIpc) is 1.36. The molecule has 2 N–H and O–H groups in total. The van der Waals surface area contributed by atoms with Gasteiger partial charge in [-0.15, -0.1) is 0 Å². The molecule has 0 aliphatic carbocycles. The van der Waals surface area contributed by atoms with Crippen LogP contribution in [0.4, 0.5) is 0 Å². The molecule has 0 aromatic heterocycles. The molecule has 0 atom stereocenters. The predicted molar refractivity (Wildman–Crippen MR) is 13.6 cm³/mol. The van der Waals surface area contributed by atoms with Crippen LogP contribution in [0.15, 0.2) is 0 Å². The summed E-state index contributed by atoms with van der Waals surface area (Å²) < 4.78 is 0. The molecule has 0 fully saturated rings. The molecule has 0 saturated heterocycles. The second-order valence-corrected chi connectivity index (χ2v) is 0.575. The molecule has 0 aromatic carbocycles. The van der Waals surface area contributed by atoms with Gasteiger partial charge in [0.2, 0.25) is 0 Å². The van der Waals surface area contributed by atoms with E-state index < -0.39 is 11.9 Å². The summed E-state index contributed by atoms with van der Waals surface area (Å²) in [5.74, 6) is -4.37. The Labute approximate surface area is 58.9 Å². The van der Waals surface area contributed by atoms with Crippen LogP contribution in [0.5, 0.6) is 0 Å². The number of rotatable bonds is 0. The zero-order chi connectivity index (χ0) is 5.15. The van der Waals surface area contributed by atoms with Crippen molar-refractivity contribution < 1.29 is 46.3 Å². The molecule has 5 nitrogen and oxygen atoms in total. The Morgan fingerprint density at radius 1 is 1.00 bits per heavy atom. The van der Waals surface area contributed by atoms with Crippen LogP contribution < -0.4 is 10.2 Å². The summed E-state index contributed by atoms with van der Waals surface area (Å²) in [6.45, 7) is 0. The molecule has 0 amide bonds. The van der Waals surface area contributed by atoms with E-state index in [1.54, 1.807) is 0 Å². The average molecular weight is 202 g/mol. The van der Waals surface area contributed by atoms with Crippen molar-refractivity contribution in [2.45, 2.75) is 0 Å². The molecule has 0 aliphatic rings. The van der Waals surface area contributed by atoms with E-state index in [0.29, 0.717) is 0 Å². The summed E-state index contributed by atoms with van der Waals surface area (Å²) >= 11 is 0. The van der Waals surface area contributed by atoms with Gasteiger partial charge in [-0.3, -0.25) is 0 Å². The van der Waals surface area contributed by atoms with E-state index in [9.17, 15) is 0 Å². The second kappa shape index (κ2) is 6.59. The van der Waals surface area contributed by atoms with Crippen LogP contribution in [0, 0.1) is 0 Å². The van der Waals surface area contributed by atoms with Gasteiger partial charge in [-0.1, -0.05) is 0 Å². The van der Waals surface area contributed by atoms with Crippen LogP contribution in [0.2, 0.25) is 0 Å². The fourth-order valence-electron chi connectivity index (χ4n) is 0. The molecule has 0 bridgehead atoms. The van der Waals surface area contributed by atoms with Crippen molar-refractivity contribution in [1.29, 1.82) is 0 Å². The van der Waals surface area contributed by atoms with E-state index in [1.165, 1.54) is 0 Å². The zero-order valence-corrected chi connectivity index (χ0v) is 5.55. The van der Waals surface area contributed by atoms with Gasteiger partial charge in [0.25, 0.3) is 0 Å². The van der Waals surface area contributed by atoms with Gasteiger partial charge < -0.3 is 25.3 Å². The third kappa shape index (κ3) is 9.14. The molecule has 0 unspecified atom stereocenters. The first-order valence-corrected chi connectivity index (χ1v) is 1.07. The number of carboxylic acids is 2. The fraction of sp³-hybridized carbons (Fsp3) is 0. The Bertz CT molecular complexity index is 76.4. The molecular formula is C2H2MoO5. The minimum atomic E-state index is -2.19. The summed E-state index contributed by atoms with van der Waals surface area (Å²) in [4.78, 5) is 17.9. The van der Waals surface area contributed by atoms with Crippen molar-refractivity contribution in [3.63, 3.8) is 0 Å². The van der Waals surface area contributed by atoms with Gasteiger partial charge in [0, 0.05) is 0 Å².